The van der Waals surface area contributed by atoms with Crippen LogP contribution in [0.2, 0.25) is 0 Å². The van der Waals surface area contributed by atoms with Gasteiger partial charge in [0.15, 0.2) is 12.4 Å². The van der Waals surface area contributed by atoms with Crippen LogP contribution in [0.5, 0.6) is 0 Å². The zero-order valence-electron chi connectivity index (χ0n) is 16.1. The monoisotopic (exact) mass is 318 g/mol. The summed E-state index contributed by atoms with van der Waals surface area (Å²) < 4.78 is 2.39. The van der Waals surface area contributed by atoms with Gasteiger partial charge in [0.05, 0.1) is 0 Å². The Labute approximate surface area is 145 Å². The number of pyridine rings is 1. The zero-order chi connectivity index (χ0) is 16.8. The molecule has 0 saturated carbocycles. The predicted octanol–water partition coefficient (Wildman–Crippen LogP) is 6.41. The van der Waals surface area contributed by atoms with Gasteiger partial charge in [0.2, 0.25) is 0 Å². The highest BCUT2D eigenvalue weighted by Crippen LogP contribution is 2.16. The van der Waals surface area contributed by atoms with E-state index in [-0.39, 0.29) is 0 Å². The second-order valence-corrected chi connectivity index (χ2v) is 7.06. The highest BCUT2D eigenvalue weighted by Gasteiger charge is 2.09. The Hall–Kier alpha value is -0.850. The zero-order valence-corrected chi connectivity index (χ0v) is 16.1. The third-order valence-electron chi connectivity index (χ3n) is 4.78. The summed E-state index contributed by atoms with van der Waals surface area (Å²) in [5, 5.41) is 0. The molecule has 1 aromatic rings. The summed E-state index contributed by atoms with van der Waals surface area (Å²) in [7, 11) is 0. The van der Waals surface area contributed by atoms with Crippen LogP contribution >= 0.6 is 0 Å². The number of aromatic nitrogens is 1. The molecule has 0 saturated heterocycles. The lowest BCUT2D eigenvalue weighted by molar-refractivity contribution is -0.697. The van der Waals surface area contributed by atoms with Crippen molar-refractivity contribution in [2.75, 3.05) is 0 Å². The van der Waals surface area contributed by atoms with Crippen LogP contribution in [-0.4, -0.2) is 0 Å². The first-order valence-electron chi connectivity index (χ1n) is 10.3. The summed E-state index contributed by atoms with van der Waals surface area (Å²) in [6.45, 7) is 8.00. The molecule has 0 spiro atoms. The number of rotatable bonds is 14. The molecule has 0 radical (unpaired) electrons. The maximum Gasteiger partial charge on any atom is 0.172 e. The molecule has 1 heteroatoms. The molecule has 0 aromatic carbocycles. The molecule has 0 unspecified atom stereocenters. The van der Waals surface area contributed by atoms with Crippen LogP contribution in [0.3, 0.4) is 0 Å². The van der Waals surface area contributed by atoms with Crippen LogP contribution in [0.4, 0.5) is 0 Å². The Morgan fingerprint density at radius 2 is 1.22 bits per heavy atom. The lowest BCUT2D eigenvalue weighted by atomic mass is 9.98. The predicted molar refractivity (Wildman–Crippen MR) is 102 cm³/mol. The number of hydrogen-bond donors (Lipinski definition) is 0. The highest BCUT2D eigenvalue weighted by atomic mass is 14.9. The first-order chi connectivity index (χ1) is 11.3. The summed E-state index contributed by atoms with van der Waals surface area (Å²) >= 11 is 0. The second-order valence-electron chi connectivity index (χ2n) is 7.06. The molecule has 132 valence electrons. The summed E-state index contributed by atoms with van der Waals surface area (Å²) in [5.41, 5.74) is 3.23. The number of nitrogens with zero attached hydrogens (tertiary/aromatic N) is 1. The van der Waals surface area contributed by atoms with Crippen LogP contribution in [0.1, 0.15) is 103 Å². The Bertz CT molecular complexity index is 397. The van der Waals surface area contributed by atoms with Crippen molar-refractivity contribution in [3.05, 3.63) is 29.6 Å². The van der Waals surface area contributed by atoms with Crippen LogP contribution in [0, 0.1) is 0 Å². The van der Waals surface area contributed by atoms with E-state index in [2.05, 4.69) is 43.8 Å². The summed E-state index contributed by atoms with van der Waals surface area (Å²) in [5.74, 6) is 0. The van der Waals surface area contributed by atoms with Gasteiger partial charge in [0.25, 0.3) is 0 Å². The van der Waals surface area contributed by atoms with E-state index in [9.17, 15) is 0 Å². The minimum absolute atomic E-state index is 1.15. The van der Waals surface area contributed by atoms with Crippen molar-refractivity contribution in [3.8, 4) is 0 Å². The molecule has 0 aliphatic heterocycles. The molecule has 0 N–H and O–H groups in total. The minimum atomic E-state index is 1.15. The van der Waals surface area contributed by atoms with Crippen LogP contribution in [0.15, 0.2) is 18.5 Å². The summed E-state index contributed by atoms with van der Waals surface area (Å²) in [4.78, 5) is 0. The van der Waals surface area contributed by atoms with Gasteiger partial charge >= 0.3 is 0 Å². The average Bonchev–Trinajstić information content (AvgIpc) is 2.56. The van der Waals surface area contributed by atoms with Crippen molar-refractivity contribution in [3.63, 3.8) is 0 Å². The number of aryl methyl sites for hydroxylation is 3. The van der Waals surface area contributed by atoms with Gasteiger partial charge in [0.1, 0.15) is 6.54 Å². The maximum absolute atomic E-state index is 2.44. The van der Waals surface area contributed by atoms with Gasteiger partial charge in [-0.1, -0.05) is 72.1 Å². The first kappa shape index (κ1) is 20.2. The van der Waals surface area contributed by atoms with Crippen molar-refractivity contribution in [2.24, 2.45) is 0 Å². The molecule has 0 bridgehead atoms. The quantitative estimate of drug-likeness (QED) is 0.275. The molecule has 1 rings (SSSR count). The molecule has 0 fully saturated rings. The van der Waals surface area contributed by atoms with Crippen molar-refractivity contribution >= 4 is 0 Å². The SMILES string of the molecule is CCCCCCCc1cc[n+](CCC)cc1CCCCCCC. The second kappa shape index (κ2) is 13.6. The van der Waals surface area contributed by atoms with E-state index < -0.39 is 0 Å². The van der Waals surface area contributed by atoms with Gasteiger partial charge in [-0.2, -0.15) is 0 Å². The lowest BCUT2D eigenvalue weighted by Gasteiger charge is -2.09. The topological polar surface area (TPSA) is 3.88 Å². The Kier molecular flexibility index (Phi) is 11.9. The molecular formula is C22H40N+. The Balaban J connectivity index is 2.52. The molecule has 1 nitrogen and oxygen atoms in total. The van der Waals surface area contributed by atoms with Crippen molar-refractivity contribution in [1.29, 1.82) is 0 Å². The molecule has 0 aliphatic rings. The number of hydrogen-bond acceptors (Lipinski definition) is 0. The van der Waals surface area contributed by atoms with Crippen LogP contribution in [0.25, 0.3) is 0 Å². The van der Waals surface area contributed by atoms with Gasteiger partial charge in [0, 0.05) is 18.1 Å². The van der Waals surface area contributed by atoms with Crippen molar-refractivity contribution < 1.29 is 4.57 Å². The van der Waals surface area contributed by atoms with Gasteiger partial charge < -0.3 is 0 Å². The Morgan fingerprint density at radius 3 is 1.78 bits per heavy atom. The third kappa shape index (κ3) is 9.13. The Morgan fingerprint density at radius 1 is 0.652 bits per heavy atom. The molecule has 23 heavy (non-hydrogen) atoms. The van der Waals surface area contributed by atoms with E-state index in [4.69, 9.17) is 0 Å². The lowest BCUT2D eigenvalue weighted by Crippen LogP contribution is -2.33. The summed E-state index contributed by atoms with van der Waals surface area (Å²) in [6, 6.07) is 2.40. The van der Waals surface area contributed by atoms with Gasteiger partial charge in [-0.3, -0.25) is 0 Å². The van der Waals surface area contributed by atoms with Crippen molar-refractivity contribution in [1.82, 2.24) is 0 Å². The van der Waals surface area contributed by atoms with Gasteiger partial charge in [-0.25, -0.2) is 4.57 Å². The molecule has 0 aliphatic carbocycles. The fourth-order valence-electron chi connectivity index (χ4n) is 3.32. The number of unbranched alkanes of at least 4 members (excludes halogenated alkanes) is 8. The molecular weight excluding hydrogens is 278 g/mol. The fraction of sp³-hybridized carbons (Fsp3) is 0.773. The van der Waals surface area contributed by atoms with E-state index in [0.29, 0.717) is 0 Å². The van der Waals surface area contributed by atoms with E-state index in [0.717, 1.165) is 6.54 Å². The standard InChI is InChI=1S/C22H40N/c1-4-7-9-11-13-15-21-17-19-23(18-6-3)20-22(21)16-14-12-10-8-5-2/h17,19-20H,4-16,18H2,1-3H3/q+1. The third-order valence-corrected chi connectivity index (χ3v) is 4.78. The van der Waals surface area contributed by atoms with Crippen LogP contribution in [-0.2, 0) is 19.4 Å². The molecule has 1 heterocycles. The van der Waals surface area contributed by atoms with Crippen molar-refractivity contribution in [2.45, 2.75) is 111 Å². The normalized spacial score (nSPS) is 11.1. The average molecular weight is 319 g/mol. The summed E-state index contributed by atoms with van der Waals surface area (Å²) in [6.07, 6.45) is 22.3. The minimum Gasteiger partial charge on any atom is -0.205 e. The highest BCUT2D eigenvalue weighted by molar-refractivity contribution is 5.21. The van der Waals surface area contributed by atoms with E-state index in [1.807, 2.05) is 0 Å². The first-order valence-corrected chi connectivity index (χ1v) is 10.3. The molecule has 0 amide bonds. The smallest absolute Gasteiger partial charge is 0.172 e. The fourth-order valence-corrected chi connectivity index (χ4v) is 3.32. The van der Waals surface area contributed by atoms with Gasteiger partial charge in [-0.15, -0.1) is 0 Å². The largest absolute Gasteiger partial charge is 0.205 e. The van der Waals surface area contributed by atoms with E-state index in [1.54, 1.807) is 11.1 Å². The van der Waals surface area contributed by atoms with Gasteiger partial charge in [-0.05, 0) is 31.2 Å². The van der Waals surface area contributed by atoms with E-state index in [1.165, 1.54) is 83.5 Å². The van der Waals surface area contributed by atoms with Crippen LogP contribution < -0.4 is 4.57 Å². The molecule has 0 atom stereocenters. The van der Waals surface area contributed by atoms with E-state index >= 15 is 0 Å². The maximum atomic E-state index is 2.44. The molecule has 1 aromatic heterocycles.